The largest absolute Gasteiger partial charge is 0.472 e. The highest BCUT2D eigenvalue weighted by Gasteiger charge is 2.20. The van der Waals surface area contributed by atoms with E-state index in [4.69, 9.17) is 6.15 Å². The fourth-order valence-electron chi connectivity index (χ4n) is 2.24. The number of aryl methyl sites for hydroxylation is 2. The molecule has 22 heavy (non-hydrogen) atoms. The van der Waals surface area contributed by atoms with Crippen LogP contribution in [0.2, 0.25) is 1.41 Å². The molecule has 3 rings (SSSR count). The number of aromatic nitrogens is 8. The van der Waals surface area contributed by atoms with Crippen LogP contribution in [0.1, 0.15) is 18.2 Å². The Morgan fingerprint density at radius 3 is 2.77 bits per heavy atom. The molecule has 116 valence electrons. The van der Waals surface area contributed by atoms with E-state index in [9.17, 15) is 4.79 Å². The summed E-state index contributed by atoms with van der Waals surface area (Å²) in [5.41, 5.74) is 1.27. The molecule has 0 aromatic carbocycles. The van der Waals surface area contributed by atoms with Crippen molar-refractivity contribution in [3.63, 3.8) is 0 Å². The van der Waals surface area contributed by atoms with Crippen LogP contribution >= 0.6 is 0 Å². The van der Waals surface area contributed by atoms with Crippen molar-refractivity contribution in [3.8, 4) is 11.7 Å². The van der Waals surface area contributed by atoms with Gasteiger partial charge in [-0.05, 0) is 16.8 Å². The summed E-state index contributed by atoms with van der Waals surface area (Å²) in [6.45, 7) is 2.15. The lowest BCUT2D eigenvalue weighted by molar-refractivity contribution is 0.291. The van der Waals surface area contributed by atoms with Gasteiger partial charge in [-0.25, -0.2) is 4.79 Å². The van der Waals surface area contributed by atoms with E-state index in [-0.39, 0.29) is 12.3 Å². The third-order valence-corrected chi connectivity index (χ3v) is 3.32. The van der Waals surface area contributed by atoms with Crippen LogP contribution < -0.4 is 10.4 Å². The molecule has 3 heterocycles. The molecular weight excluding hydrogens is 288 g/mol. The number of hydrogen-bond acceptors (Lipinski definition) is 6. The number of H-pyrrole nitrogens is 1. The summed E-state index contributed by atoms with van der Waals surface area (Å²) in [7, 11) is 3.32. The highest BCUT2D eigenvalue weighted by molar-refractivity contribution is 5.36. The van der Waals surface area contributed by atoms with Crippen LogP contribution in [0.15, 0.2) is 17.1 Å². The molecule has 3 aromatic heterocycles. The molecule has 1 N–H and O–H groups in total. The van der Waals surface area contributed by atoms with Crippen molar-refractivity contribution in [1.82, 2.24) is 39.8 Å². The van der Waals surface area contributed by atoms with Crippen molar-refractivity contribution in [2.45, 2.75) is 20.0 Å². The molecule has 10 heteroatoms. The normalized spacial score (nSPS) is 11.7. The quantitative estimate of drug-likeness (QED) is 0.685. The summed E-state index contributed by atoms with van der Waals surface area (Å²) in [6.07, 6.45) is 2.18. The Labute approximate surface area is 126 Å². The van der Waals surface area contributed by atoms with Crippen LogP contribution in [-0.4, -0.2) is 39.8 Å². The molecule has 0 spiro atoms. The molecule has 10 nitrogen and oxygen atoms in total. The molecule has 0 aliphatic heterocycles. The van der Waals surface area contributed by atoms with E-state index in [1.807, 2.05) is 6.92 Å². The van der Waals surface area contributed by atoms with Gasteiger partial charge < -0.3 is 4.74 Å². The minimum absolute atomic E-state index is 0.159. The van der Waals surface area contributed by atoms with E-state index in [0.29, 0.717) is 18.1 Å². The van der Waals surface area contributed by atoms with Crippen molar-refractivity contribution in [2.75, 3.05) is 0 Å². The van der Waals surface area contributed by atoms with E-state index < -0.39 is 0 Å². The molecule has 0 saturated heterocycles. The molecule has 0 bridgehead atoms. The summed E-state index contributed by atoms with van der Waals surface area (Å²) < 4.78 is 16.9. The van der Waals surface area contributed by atoms with E-state index >= 15 is 0 Å². The number of nitrogens with zero attached hydrogens (tertiary/aromatic N) is 7. The van der Waals surface area contributed by atoms with Crippen LogP contribution in [0.25, 0.3) is 5.82 Å². The standard InChI is InChI=1S/C12H16N8O2/c1-4-9-8(7-22-10-5-6-13-14-10)11(15-18(9)2)20-12(21)19(3)16-17-20/h5-6H,4,7H2,1-3H3,(H,13,14)/i/hT. The Kier molecular flexibility index (Phi) is 3.18. The second-order valence-electron chi connectivity index (χ2n) is 4.68. The average molecular weight is 306 g/mol. The predicted octanol–water partition coefficient (Wildman–Crippen LogP) is -0.436. The SMILES string of the molecule is [3H]n1ccc(OCc2c(-n3nnn(C)c3=O)nn(C)c2CC)n1. The molecule has 0 radical (unpaired) electrons. The van der Waals surface area contributed by atoms with Gasteiger partial charge in [0.1, 0.15) is 6.61 Å². The number of rotatable bonds is 5. The van der Waals surface area contributed by atoms with Crippen LogP contribution in [0.4, 0.5) is 0 Å². The Bertz CT molecular complexity index is 889. The first-order chi connectivity index (χ1) is 11.0. The lowest BCUT2D eigenvalue weighted by Gasteiger charge is -2.05. The number of aromatic amines is 1. The van der Waals surface area contributed by atoms with Gasteiger partial charge in [0.05, 0.1) is 5.56 Å². The maximum atomic E-state index is 12.1. The van der Waals surface area contributed by atoms with Crippen molar-refractivity contribution in [3.05, 3.63) is 34.0 Å². The molecule has 0 aliphatic rings. The molecule has 0 amide bonds. The Balaban J connectivity index is 2.00. The molecular formula is C12H16N8O2. The van der Waals surface area contributed by atoms with Crippen molar-refractivity contribution >= 4 is 0 Å². The molecule has 0 fully saturated rings. The van der Waals surface area contributed by atoms with Crippen molar-refractivity contribution < 1.29 is 6.15 Å². The summed E-state index contributed by atoms with van der Waals surface area (Å²) in [6, 6.07) is 1.59. The van der Waals surface area contributed by atoms with Gasteiger partial charge in [0, 0.05) is 32.1 Å². The monoisotopic (exact) mass is 306 g/mol. The minimum Gasteiger partial charge on any atom is -0.472 e. The molecule has 0 saturated carbocycles. The van der Waals surface area contributed by atoms with Gasteiger partial charge in [-0.2, -0.15) is 9.78 Å². The molecule has 0 aliphatic carbocycles. The molecule has 0 unspecified atom stereocenters. The smallest absolute Gasteiger partial charge is 0.369 e. The summed E-state index contributed by atoms with van der Waals surface area (Å²) in [4.78, 5) is 12.1. The summed E-state index contributed by atoms with van der Waals surface area (Å²) in [5, 5.41) is 16.7. The zero-order valence-corrected chi connectivity index (χ0v) is 12.5. The average Bonchev–Trinajstić information content (AvgIpc) is 3.17. The first kappa shape index (κ1) is 12.8. The third-order valence-electron chi connectivity index (χ3n) is 3.32. The van der Waals surface area contributed by atoms with Gasteiger partial charge in [-0.3, -0.25) is 9.77 Å². The van der Waals surface area contributed by atoms with Crippen LogP contribution in [-0.2, 0) is 27.1 Å². The van der Waals surface area contributed by atoms with E-state index in [2.05, 4.69) is 20.6 Å². The molecule has 0 atom stereocenters. The van der Waals surface area contributed by atoms with Crippen molar-refractivity contribution in [2.24, 2.45) is 14.1 Å². The molecule has 3 aromatic rings. The van der Waals surface area contributed by atoms with Crippen molar-refractivity contribution in [1.29, 1.82) is 0 Å². The van der Waals surface area contributed by atoms with E-state index in [0.717, 1.165) is 25.7 Å². The van der Waals surface area contributed by atoms with Gasteiger partial charge in [0.2, 0.25) is 5.88 Å². The zero-order valence-electron chi connectivity index (χ0n) is 13.5. The number of hydrogen-bond donors (Lipinski definition) is 1. The summed E-state index contributed by atoms with van der Waals surface area (Å²) >= 11 is 0. The van der Waals surface area contributed by atoms with Gasteiger partial charge in [-0.1, -0.05) is 6.92 Å². The Morgan fingerprint density at radius 2 is 2.18 bits per heavy atom. The predicted molar refractivity (Wildman–Crippen MR) is 75.7 cm³/mol. The fourth-order valence-corrected chi connectivity index (χ4v) is 2.24. The lowest BCUT2D eigenvalue weighted by atomic mass is 10.2. The second-order valence-corrected chi connectivity index (χ2v) is 4.68. The second kappa shape index (κ2) is 5.47. The van der Waals surface area contributed by atoms with Crippen LogP contribution in [0.3, 0.4) is 0 Å². The van der Waals surface area contributed by atoms with Gasteiger partial charge in [0.15, 0.2) is 7.23 Å². The third kappa shape index (κ3) is 2.28. The van der Waals surface area contributed by atoms with Gasteiger partial charge in [-0.15, -0.1) is 9.78 Å². The maximum absolute atomic E-state index is 12.1. The maximum Gasteiger partial charge on any atom is 0.369 e. The topological polar surface area (TPSA) is 108 Å². The van der Waals surface area contributed by atoms with Gasteiger partial charge >= 0.3 is 5.69 Å². The van der Waals surface area contributed by atoms with E-state index in [1.54, 1.807) is 17.8 Å². The highest BCUT2D eigenvalue weighted by Crippen LogP contribution is 2.19. The van der Waals surface area contributed by atoms with E-state index in [1.165, 1.54) is 13.2 Å². The minimum atomic E-state index is -0.387. The Morgan fingerprint density at radius 1 is 1.36 bits per heavy atom. The number of tetrazole rings is 1. The first-order valence-electron chi connectivity index (χ1n) is 7.17. The first-order valence-corrected chi connectivity index (χ1v) is 6.73. The van der Waals surface area contributed by atoms with Crippen LogP contribution in [0, 0.1) is 0 Å². The number of nitrogens with one attached hydrogen (secondary N) is 1. The highest BCUT2D eigenvalue weighted by atomic mass is 16.5. The summed E-state index contributed by atoms with van der Waals surface area (Å²) in [5.74, 6) is 0.705. The van der Waals surface area contributed by atoms with Gasteiger partial charge in [0.25, 0.3) is 0 Å². The zero-order chi connectivity index (χ0) is 16.6. The van der Waals surface area contributed by atoms with Crippen LogP contribution in [0.5, 0.6) is 5.88 Å². The fraction of sp³-hybridized carbons (Fsp3) is 0.417. The Hall–Kier alpha value is -2.91. The lowest BCUT2D eigenvalue weighted by Crippen LogP contribution is -2.23. The number of ether oxygens (including phenoxy) is 1.